The van der Waals surface area contributed by atoms with Crippen molar-refractivity contribution in [3.05, 3.63) is 65.2 Å². The molecule has 0 radical (unpaired) electrons. The molecule has 0 atom stereocenters. The molecule has 0 aliphatic heterocycles. The van der Waals surface area contributed by atoms with E-state index >= 15 is 0 Å². The quantitative estimate of drug-likeness (QED) is 0.771. The average Bonchev–Trinajstić information content (AvgIpc) is 2.48. The van der Waals surface area contributed by atoms with Crippen molar-refractivity contribution in [2.45, 2.75) is 13.2 Å². The summed E-state index contributed by atoms with van der Waals surface area (Å²) in [5.74, 6) is -0.597. The molecule has 0 bridgehead atoms. The molecular formula is C16H17F2NO2. The lowest BCUT2D eigenvalue weighted by molar-refractivity contribution is 0.291. The van der Waals surface area contributed by atoms with Gasteiger partial charge in [-0.25, -0.2) is 8.78 Å². The van der Waals surface area contributed by atoms with Gasteiger partial charge in [0.05, 0.1) is 6.61 Å². The lowest BCUT2D eigenvalue weighted by Crippen LogP contribution is -2.17. The normalized spacial score (nSPS) is 10.6. The molecule has 0 aliphatic carbocycles. The van der Waals surface area contributed by atoms with E-state index in [0.29, 0.717) is 24.4 Å². The largest absolute Gasteiger partial charge is 0.489 e. The molecule has 0 saturated heterocycles. The smallest absolute Gasteiger partial charge is 0.132 e. The summed E-state index contributed by atoms with van der Waals surface area (Å²) in [4.78, 5) is 0. The summed E-state index contributed by atoms with van der Waals surface area (Å²) in [5.41, 5.74) is 1.37. The number of rotatable bonds is 7. The van der Waals surface area contributed by atoms with Gasteiger partial charge in [0.1, 0.15) is 24.0 Å². The molecule has 0 amide bonds. The highest BCUT2D eigenvalue weighted by atomic mass is 19.1. The van der Waals surface area contributed by atoms with E-state index in [4.69, 9.17) is 9.84 Å². The number of halogens is 2. The first-order chi connectivity index (χ1) is 10.2. The zero-order chi connectivity index (χ0) is 15.1. The molecule has 2 aromatic carbocycles. The van der Waals surface area contributed by atoms with Gasteiger partial charge < -0.3 is 15.2 Å². The van der Waals surface area contributed by atoms with Gasteiger partial charge in [-0.05, 0) is 29.8 Å². The molecule has 2 rings (SSSR count). The first-order valence-corrected chi connectivity index (χ1v) is 6.66. The predicted molar refractivity (Wildman–Crippen MR) is 75.9 cm³/mol. The van der Waals surface area contributed by atoms with Gasteiger partial charge in [-0.3, -0.25) is 0 Å². The summed E-state index contributed by atoms with van der Waals surface area (Å²) in [6.45, 7) is 1.36. The van der Waals surface area contributed by atoms with Crippen LogP contribution in [-0.4, -0.2) is 18.3 Å². The highest BCUT2D eigenvalue weighted by Gasteiger charge is 2.04. The third-order valence-electron chi connectivity index (χ3n) is 2.95. The van der Waals surface area contributed by atoms with Crippen molar-refractivity contribution >= 4 is 0 Å². The van der Waals surface area contributed by atoms with Crippen LogP contribution in [0.1, 0.15) is 11.1 Å². The van der Waals surface area contributed by atoms with Crippen molar-refractivity contribution in [3.8, 4) is 5.75 Å². The molecule has 2 aromatic rings. The molecular weight excluding hydrogens is 276 g/mol. The van der Waals surface area contributed by atoms with Gasteiger partial charge in [0.15, 0.2) is 0 Å². The SMILES string of the molecule is OCCNCc1ccc(OCc2ccc(F)cc2F)cc1. The predicted octanol–water partition coefficient (Wildman–Crippen LogP) is 2.63. The van der Waals surface area contributed by atoms with Crippen LogP contribution in [0, 0.1) is 11.6 Å². The Hall–Kier alpha value is -1.98. The minimum Gasteiger partial charge on any atom is -0.489 e. The Morgan fingerprint density at radius 1 is 1.05 bits per heavy atom. The van der Waals surface area contributed by atoms with Crippen LogP contribution < -0.4 is 10.1 Å². The fraction of sp³-hybridized carbons (Fsp3) is 0.250. The van der Waals surface area contributed by atoms with Crippen molar-refractivity contribution in [1.29, 1.82) is 0 Å². The first kappa shape index (κ1) is 15.4. The summed E-state index contributed by atoms with van der Waals surface area (Å²) in [7, 11) is 0. The van der Waals surface area contributed by atoms with Gasteiger partial charge in [0, 0.05) is 24.7 Å². The summed E-state index contributed by atoms with van der Waals surface area (Å²) in [6.07, 6.45) is 0. The summed E-state index contributed by atoms with van der Waals surface area (Å²) >= 11 is 0. The zero-order valence-electron chi connectivity index (χ0n) is 11.5. The van der Waals surface area contributed by atoms with Gasteiger partial charge in [-0.15, -0.1) is 0 Å². The van der Waals surface area contributed by atoms with Crippen molar-refractivity contribution < 1.29 is 18.6 Å². The highest BCUT2D eigenvalue weighted by molar-refractivity contribution is 5.28. The zero-order valence-corrected chi connectivity index (χ0v) is 11.5. The maximum Gasteiger partial charge on any atom is 0.132 e. The Morgan fingerprint density at radius 2 is 1.81 bits per heavy atom. The van der Waals surface area contributed by atoms with E-state index in [1.165, 1.54) is 12.1 Å². The topological polar surface area (TPSA) is 41.5 Å². The van der Waals surface area contributed by atoms with Crippen LogP contribution in [0.5, 0.6) is 5.75 Å². The van der Waals surface area contributed by atoms with Crippen molar-refractivity contribution in [2.75, 3.05) is 13.2 Å². The lowest BCUT2D eigenvalue weighted by Gasteiger charge is -2.08. The Balaban J connectivity index is 1.88. The van der Waals surface area contributed by atoms with Crippen LogP contribution in [0.15, 0.2) is 42.5 Å². The van der Waals surface area contributed by atoms with Gasteiger partial charge >= 0.3 is 0 Å². The third kappa shape index (κ3) is 4.81. The molecule has 112 valence electrons. The number of nitrogens with one attached hydrogen (secondary N) is 1. The van der Waals surface area contributed by atoms with Gasteiger partial charge in [0.25, 0.3) is 0 Å². The van der Waals surface area contributed by atoms with Crippen LogP contribution >= 0.6 is 0 Å². The molecule has 5 heteroatoms. The molecule has 0 saturated carbocycles. The van der Waals surface area contributed by atoms with Crippen molar-refractivity contribution in [2.24, 2.45) is 0 Å². The molecule has 0 fully saturated rings. The second-order valence-corrected chi connectivity index (χ2v) is 4.57. The van der Waals surface area contributed by atoms with Gasteiger partial charge in [-0.2, -0.15) is 0 Å². The molecule has 2 N–H and O–H groups in total. The average molecular weight is 293 g/mol. The number of ether oxygens (including phenoxy) is 1. The van der Waals surface area contributed by atoms with E-state index in [1.807, 2.05) is 12.1 Å². The van der Waals surface area contributed by atoms with Crippen molar-refractivity contribution in [3.63, 3.8) is 0 Å². The molecule has 0 spiro atoms. The minimum atomic E-state index is -0.611. The maximum atomic E-state index is 13.4. The summed E-state index contributed by atoms with van der Waals surface area (Å²) < 4.78 is 31.7. The molecule has 0 heterocycles. The lowest BCUT2D eigenvalue weighted by atomic mass is 10.2. The highest BCUT2D eigenvalue weighted by Crippen LogP contribution is 2.16. The Labute approximate surface area is 122 Å². The second kappa shape index (κ2) is 7.71. The fourth-order valence-electron chi connectivity index (χ4n) is 1.82. The van der Waals surface area contributed by atoms with E-state index < -0.39 is 11.6 Å². The Morgan fingerprint density at radius 3 is 2.48 bits per heavy atom. The number of aliphatic hydroxyl groups excluding tert-OH is 1. The molecule has 0 aliphatic rings. The number of hydrogen-bond acceptors (Lipinski definition) is 3. The summed E-state index contributed by atoms with van der Waals surface area (Å²) in [6, 6.07) is 10.8. The second-order valence-electron chi connectivity index (χ2n) is 4.57. The van der Waals surface area contributed by atoms with E-state index in [2.05, 4.69) is 5.32 Å². The monoisotopic (exact) mass is 293 g/mol. The number of benzene rings is 2. The fourth-order valence-corrected chi connectivity index (χ4v) is 1.82. The van der Waals surface area contributed by atoms with Crippen LogP contribution in [-0.2, 0) is 13.2 Å². The molecule has 21 heavy (non-hydrogen) atoms. The van der Waals surface area contributed by atoms with Crippen LogP contribution in [0.2, 0.25) is 0 Å². The minimum absolute atomic E-state index is 0.0498. The number of aliphatic hydroxyl groups is 1. The Bertz CT molecular complexity index is 573. The third-order valence-corrected chi connectivity index (χ3v) is 2.95. The van der Waals surface area contributed by atoms with Crippen LogP contribution in [0.25, 0.3) is 0 Å². The van der Waals surface area contributed by atoms with E-state index in [0.717, 1.165) is 11.6 Å². The number of hydrogen-bond donors (Lipinski definition) is 2. The van der Waals surface area contributed by atoms with E-state index in [1.54, 1.807) is 12.1 Å². The van der Waals surface area contributed by atoms with Crippen LogP contribution in [0.4, 0.5) is 8.78 Å². The molecule has 0 unspecified atom stereocenters. The Kier molecular flexibility index (Phi) is 5.66. The van der Waals surface area contributed by atoms with Crippen LogP contribution in [0.3, 0.4) is 0 Å². The van der Waals surface area contributed by atoms with E-state index in [-0.39, 0.29) is 13.2 Å². The van der Waals surface area contributed by atoms with Gasteiger partial charge in [0.2, 0.25) is 0 Å². The maximum absolute atomic E-state index is 13.4. The first-order valence-electron chi connectivity index (χ1n) is 6.66. The van der Waals surface area contributed by atoms with Gasteiger partial charge in [-0.1, -0.05) is 12.1 Å². The molecule has 0 aromatic heterocycles. The standard InChI is InChI=1S/C16H17F2NO2/c17-14-4-3-13(16(18)9-14)11-21-15-5-1-12(2-6-15)10-19-7-8-20/h1-6,9,19-20H,7-8,10-11H2. The molecule has 3 nitrogen and oxygen atoms in total. The van der Waals surface area contributed by atoms with Crippen molar-refractivity contribution in [1.82, 2.24) is 5.32 Å². The summed E-state index contributed by atoms with van der Waals surface area (Å²) in [5, 5.41) is 11.7. The van der Waals surface area contributed by atoms with E-state index in [9.17, 15) is 8.78 Å².